The van der Waals surface area contributed by atoms with Crippen molar-refractivity contribution in [1.29, 1.82) is 0 Å². The van der Waals surface area contributed by atoms with E-state index in [1.165, 1.54) is 38.5 Å². The zero-order valence-corrected chi connectivity index (χ0v) is 15.6. The molecular weight excluding hydrogens is 334 g/mol. The van der Waals surface area contributed by atoms with Crippen LogP contribution in [0.1, 0.15) is 70.6 Å². The van der Waals surface area contributed by atoms with Gasteiger partial charge in [0, 0.05) is 6.04 Å². The van der Waals surface area contributed by atoms with E-state index in [9.17, 15) is 4.79 Å². The van der Waals surface area contributed by atoms with Crippen molar-refractivity contribution in [3.8, 4) is 0 Å². The lowest BCUT2D eigenvalue weighted by Gasteiger charge is -2.56. The molecule has 5 aliphatic carbocycles. The molecule has 1 N–H and O–H groups in total. The van der Waals surface area contributed by atoms with Gasteiger partial charge in [0.25, 0.3) is 5.56 Å². The van der Waals surface area contributed by atoms with Gasteiger partial charge in [-0.25, -0.2) is 4.68 Å². The van der Waals surface area contributed by atoms with Gasteiger partial charge in [-0.1, -0.05) is 30.9 Å². The number of hydrogen-bond donors (Lipinski definition) is 1. The molecule has 1 aromatic rings. The van der Waals surface area contributed by atoms with Crippen LogP contribution >= 0.6 is 11.6 Å². The molecule has 136 valence electrons. The lowest BCUT2D eigenvalue weighted by molar-refractivity contribution is -0.0518. The van der Waals surface area contributed by atoms with Crippen molar-refractivity contribution < 1.29 is 0 Å². The first-order valence-corrected chi connectivity index (χ1v) is 10.6. The molecule has 25 heavy (non-hydrogen) atoms. The van der Waals surface area contributed by atoms with Crippen LogP contribution in [0, 0.1) is 17.8 Å². The Bertz CT molecular complexity index is 687. The van der Waals surface area contributed by atoms with Gasteiger partial charge in [-0.05, 0) is 69.1 Å². The van der Waals surface area contributed by atoms with Gasteiger partial charge >= 0.3 is 0 Å². The Balaban J connectivity index is 1.45. The average molecular weight is 362 g/mol. The molecule has 0 amide bonds. The quantitative estimate of drug-likeness (QED) is 0.857. The first-order chi connectivity index (χ1) is 12.1. The van der Waals surface area contributed by atoms with E-state index in [0.29, 0.717) is 11.1 Å². The Morgan fingerprint density at radius 3 is 2.24 bits per heavy atom. The number of nitrogens with zero attached hydrogens (tertiary/aromatic N) is 2. The van der Waals surface area contributed by atoms with Crippen molar-refractivity contribution in [2.75, 3.05) is 5.32 Å². The van der Waals surface area contributed by atoms with Crippen LogP contribution in [0.5, 0.6) is 0 Å². The normalized spacial score (nSPS) is 37.4. The third kappa shape index (κ3) is 2.72. The maximum Gasteiger partial charge on any atom is 0.288 e. The second-order valence-electron chi connectivity index (χ2n) is 9.21. The minimum Gasteiger partial charge on any atom is -0.380 e. The Morgan fingerprint density at radius 2 is 1.64 bits per heavy atom. The van der Waals surface area contributed by atoms with E-state index in [-0.39, 0.29) is 11.1 Å². The van der Waals surface area contributed by atoms with Crippen LogP contribution in [0.3, 0.4) is 0 Å². The Hall–Kier alpha value is -1.03. The predicted octanol–water partition coefficient (Wildman–Crippen LogP) is 4.57. The number of anilines is 1. The van der Waals surface area contributed by atoms with E-state index in [1.807, 2.05) is 6.20 Å². The zero-order valence-electron chi connectivity index (χ0n) is 14.8. The van der Waals surface area contributed by atoms with Crippen LogP contribution in [0.4, 0.5) is 5.69 Å². The maximum absolute atomic E-state index is 13.1. The van der Waals surface area contributed by atoms with Crippen LogP contribution in [0.2, 0.25) is 5.02 Å². The average Bonchev–Trinajstić information content (AvgIpc) is 2.59. The highest BCUT2D eigenvalue weighted by molar-refractivity contribution is 6.32. The molecule has 0 saturated heterocycles. The number of hydrogen-bond acceptors (Lipinski definition) is 3. The minimum atomic E-state index is -0.0792. The summed E-state index contributed by atoms with van der Waals surface area (Å²) < 4.78 is 1.78. The summed E-state index contributed by atoms with van der Waals surface area (Å²) in [5, 5.41) is 8.48. The fourth-order valence-electron chi connectivity index (χ4n) is 6.66. The molecular formula is C20H28ClN3O. The smallest absolute Gasteiger partial charge is 0.288 e. The molecule has 4 bridgehead atoms. The van der Waals surface area contributed by atoms with E-state index in [4.69, 9.17) is 11.6 Å². The molecule has 5 fully saturated rings. The van der Waals surface area contributed by atoms with Crippen molar-refractivity contribution in [3.63, 3.8) is 0 Å². The number of aromatic nitrogens is 2. The molecule has 6 rings (SSSR count). The Morgan fingerprint density at radius 1 is 1.04 bits per heavy atom. The first kappa shape index (κ1) is 16.2. The third-order valence-electron chi connectivity index (χ3n) is 7.34. The largest absolute Gasteiger partial charge is 0.380 e. The molecule has 0 spiro atoms. The summed E-state index contributed by atoms with van der Waals surface area (Å²) in [6.45, 7) is 0. The van der Waals surface area contributed by atoms with Crippen molar-refractivity contribution in [1.82, 2.24) is 9.78 Å². The molecule has 0 unspecified atom stereocenters. The number of nitrogens with one attached hydrogen (secondary N) is 1. The molecule has 1 heterocycles. The predicted molar refractivity (Wildman–Crippen MR) is 100 cm³/mol. The second kappa shape index (κ2) is 6.00. The highest BCUT2D eigenvalue weighted by atomic mass is 35.5. The first-order valence-electron chi connectivity index (χ1n) is 10.2. The lowest BCUT2D eigenvalue weighted by Crippen LogP contribution is -2.55. The topological polar surface area (TPSA) is 46.9 Å². The summed E-state index contributed by atoms with van der Waals surface area (Å²) in [7, 11) is 0. The van der Waals surface area contributed by atoms with E-state index in [0.717, 1.165) is 55.5 Å². The lowest BCUT2D eigenvalue weighted by atomic mass is 9.53. The highest BCUT2D eigenvalue weighted by Gasteiger charge is 2.53. The Kier molecular flexibility index (Phi) is 3.88. The summed E-state index contributed by atoms with van der Waals surface area (Å²) in [6, 6.07) is 0.433. The van der Waals surface area contributed by atoms with Gasteiger partial charge in [0.2, 0.25) is 0 Å². The van der Waals surface area contributed by atoms with Crippen molar-refractivity contribution >= 4 is 17.3 Å². The van der Waals surface area contributed by atoms with Crippen LogP contribution < -0.4 is 10.9 Å². The maximum atomic E-state index is 13.1. The van der Waals surface area contributed by atoms with Crippen LogP contribution in [0.15, 0.2) is 11.0 Å². The monoisotopic (exact) mass is 361 g/mol. The van der Waals surface area contributed by atoms with Crippen molar-refractivity contribution in [2.45, 2.75) is 82.2 Å². The molecule has 4 nitrogen and oxygen atoms in total. The fraction of sp³-hybridized carbons (Fsp3) is 0.800. The van der Waals surface area contributed by atoms with Gasteiger partial charge in [-0.2, -0.15) is 5.10 Å². The summed E-state index contributed by atoms with van der Waals surface area (Å²) in [5.41, 5.74) is 0.600. The number of halogens is 1. The minimum absolute atomic E-state index is 0.0567. The summed E-state index contributed by atoms with van der Waals surface area (Å²) in [6.07, 6.45) is 15.4. The van der Waals surface area contributed by atoms with E-state index in [1.54, 1.807) is 4.68 Å². The van der Waals surface area contributed by atoms with Crippen LogP contribution in [0.25, 0.3) is 0 Å². The summed E-state index contributed by atoms with van der Waals surface area (Å²) in [4.78, 5) is 13.1. The van der Waals surface area contributed by atoms with Gasteiger partial charge in [0.1, 0.15) is 5.02 Å². The third-order valence-corrected chi connectivity index (χ3v) is 7.70. The molecule has 1 aromatic heterocycles. The van der Waals surface area contributed by atoms with E-state index < -0.39 is 0 Å². The Labute approximate surface area is 154 Å². The van der Waals surface area contributed by atoms with Crippen molar-refractivity contribution in [3.05, 3.63) is 21.6 Å². The van der Waals surface area contributed by atoms with Gasteiger partial charge in [0.15, 0.2) is 0 Å². The number of rotatable bonds is 3. The molecule has 5 saturated carbocycles. The van der Waals surface area contributed by atoms with E-state index >= 15 is 0 Å². The molecule has 5 heteroatoms. The zero-order chi connectivity index (χ0) is 17.0. The van der Waals surface area contributed by atoms with Gasteiger partial charge in [-0.3, -0.25) is 4.79 Å². The molecule has 0 radical (unpaired) electrons. The van der Waals surface area contributed by atoms with Gasteiger partial charge in [-0.15, -0.1) is 0 Å². The SMILES string of the molecule is O=c1c(Cl)c(NC2CCCCC2)cnn1C12CC3CC(CC(C3)C1)C2. The molecule has 0 aromatic carbocycles. The molecule has 0 atom stereocenters. The van der Waals surface area contributed by atoms with Crippen LogP contribution in [-0.2, 0) is 5.54 Å². The van der Waals surface area contributed by atoms with Gasteiger partial charge in [0.05, 0.1) is 17.4 Å². The van der Waals surface area contributed by atoms with E-state index in [2.05, 4.69) is 10.4 Å². The van der Waals surface area contributed by atoms with Gasteiger partial charge < -0.3 is 5.32 Å². The standard InChI is InChI=1S/C20H28ClN3O/c21-18-17(23-16-4-2-1-3-5-16)12-22-24(19(18)25)20-9-13-6-14(10-20)8-15(7-13)11-20/h12-16,23H,1-11H2. The van der Waals surface area contributed by atoms with Crippen molar-refractivity contribution in [2.24, 2.45) is 17.8 Å². The molecule has 0 aliphatic heterocycles. The molecule has 5 aliphatic rings. The highest BCUT2D eigenvalue weighted by Crippen LogP contribution is 2.58. The van der Waals surface area contributed by atoms with Crippen LogP contribution in [-0.4, -0.2) is 15.8 Å². The summed E-state index contributed by atoms with van der Waals surface area (Å²) >= 11 is 6.52. The second-order valence-corrected chi connectivity index (χ2v) is 9.59. The fourth-order valence-corrected chi connectivity index (χ4v) is 6.85. The summed E-state index contributed by atoms with van der Waals surface area (Å²) in [5.74, 6) is 2.37.